The number of rotatable bonds is 5. The standard InChI is InChI=1S/C15H28N2O2/c1-2-15(8-5-9-17-15)14(19)16-10-12-6-3-4-7-13(12)11-18/h12-13,17-18H,2-11H2,1H3,(H,16,19). The van der Waals surface area contributed by atoms with E-state index >= 15 is 0 Å². The zero-order valence-corrected chi connectivity index (χ0v) is 12.1. The Labute approximate surface area is 116 Å². The second-order valence-corrected chi connectivity index (χ2v) is 6.16. The van der Waals surface area contributed by atoms with E-state index in [9.17, 15) is 9.90 Å². The van der Waals surface area contributed by atoms with Crippen molar-refractivity contribution in [3.05, 3.63) is 0 Å². The highest BCUT2D eigenvalue weighted by molar-refractivity contribution is 5.86. The van der Waals surface area contributed by atoms with Crippen LogP contribution in [0.3, 0.4) is 0 Å². The smallest absolute Gasteiger partial charge is 0.240 e. The second-order valence-electron chi connectivity index (χ2n) is 6.16. The summed E-state index contributed by atoms with van der Waals surface area (Å²) in [6.45, 7) is 4.02. The van der Waals surface area contributed by atoms with Gasteiger partial charge >= 0.3 is 0 Å². The molecule has 1 aliphatic heterocycles. The van der Waals surface area contributed by atoms with Gasteiger partial charge in [0.2, 0.25) is 5.91 Å². The third-order valence-electron chi connectivity index (χ3n) is 5.11. The predicted molar refractivity (Wildman–Crippen MR) is 75.8 cm³/mol. The summed E-state index contributed by atoms with van der Waals surface area (Å²) in [5, 5.41) is 15.9. The lowest BCUT2D eigenvalue weighted by molar-refractivity contribution is -0.127. The molecule has 1 heterocycles. The first kappa shape index (κ1) is 14.8. The Morgan fingerprint density at radius 3 is 2.63 bits per heavy atom. The molecule has 1 saturated heterocycles. The molecule has 0 aromatic carbocycles. The number of hydrogen-bond acceptors (Lipinski definition) is 3. The van der Waals surface area contributed by atoms with Gasteiger partial charge in [0.15, 0.2) is 0 Å². The molecule has 3 atom stereocenters. The van der Waals surface area contributed by atoms with E-state index in [0.717, 1.165) is 45.2 Å². The van der Waals surface area contributed by atoms with Gasteiger partial charge in [0.25, 0.3) is 0 Å². The molecule has 0 bridgehead atoms. The van der Waals surface area contributed by atoms with Crippen LogP contribution in [0, 0.1) is 11.8 Å². The SMILES string of the molecule is CCC1(C(=O)NCC2CCCCC2CO)CCCN1. The fourth-order valence-electron chi connectivity index (χ4n) is 3.65. The van der Waals surface area contributed by atoms with E-state index in [-0.39, 0.29) is 18.1 Å². The number of hydrogen-bond donors (Lipinski definition) is 3. The van der Waals surface area contributed by atoms with Gasteiger partial charge in [-0.05, 0) is 50.5 Å². The fraction of sp³-hybridized carbons (Fsp3) is 0.933. The highest BCUT2D eigenvalue weighted by atomic mass is 16.3. The molecule has 0 aromatic rings. The van der Waals surface area contributed by atoms with Crippen molar-refractivity contribution in [3.63, 3.8) is 0 Å². The normalized spacial score (nSPS) is 35.3. The minimum absolute atomic E-state index is 0.162. The van der Waals surface area contributed by atoms with Crippen molar-refractivity contribution in [3.8, 4) is 0 Å². The quantitative estimate of drug-likeness (QED) is 0.707. The van der Waals surface area contributed by atoms with Gasteiger partial charge < -0.3 is 15.7 Å². The van der Waals surface area contributed by atoms with E-state index in [4.69, 9.17) is 0 Å². The molecule has 2 fully saturated rings. The van der Waals surface area contributed by atoms with Crippen LogP contribution in [-0.4, -0.2) is 36.2 Å². The number of aliphatic hydroxyl groups is 1. The van der Waals surface area contributed by atoms with Crippen molar-refractivity contribution < 1.29 is 9.90 Å². The Morgan fingerprint density at radius 1 is 1.32 bits per heavy atom. The van der Waals surface area contributed by atoms with Crippen molar-refractivity contribution in [2.24, 2.45) is 11.8 Å². The fourth-order valence-corrected chi connectivity index (χ4v) is 3.65. The lowest BCUT2D eigenvalue weighted by Crippen LogP contribution is -2.54. The molecule has 19 heavy (non-hydrogen) atoms. The average molecular weight is 268 g/mol. The summed E-state index contributed by atoms with van der Waals surface area (Å²) < 4.78 is 0. The zero-order valence-electron chi connectivity index (χ0n) is 12.1. The first-order chi connectivity index (χ1) is 9.22. The average Bonchev–Trinajstić information content (AvgIpc) is 2.95. The topological polar surface area (TPSA) is 61.4 Å². The number of nitrogens with one attached hydrogen (secondary N) is 2. The first-order valence-corrected chi connectivity index (χ1v) is 7.86. The molecular formula is C15H28N2O2. The molecule has 3 N–H and O–H groups in total. The molecule has 1 saturated carbocycles. The van der Waals surface area contributed by atoms with Gasteiger partial charge in [-0.3, -0.25) is 4.79 Å². The predicted octanol–water partition coefficient (Wildman–Crippen LogP) is 1.43. The van der Waals surface area contributed by atoms with Gasteiger partial charge in [0.1, 0.15) is 0 Å². The van der Waals surface area contributed by atoms with Crippen LogP contribution in [0.1, 0.15) is 51.9 Å². The molecule has 2 rings (SSSR count). The van der Waals surface area contributed by atoms with Crippen LogP contribution in [-0.2, 0) is 4.79 Å². The molecule has 3 unspecified atom stereocenters. The molecule has 2 aliphatic rings. The second kappa shape index (κ2) is 6.71. The van der Waals surface area contributed by atoms with Crippen LogP contribution >= 0.6 is 0 Å². The molecule has 0 aromatic heterocycles. The van der Waals surface area contributed by atoms with E-state index in [1.807, 2.05) is 0 Å². The maximum Gasteiger partial charge on any atom is 0.240 e. The zero-order chi connectivity index (χ0) is 13.7. The maximum atomic E-state index is 12.4. The number of amides is 1. The van der Waals surface area contributed by atoms with Crippen molar-refractivity contribution in [2.45, 2.75) is 57.4 Å². The van der Waals surface area contributed by atoms with E-state index in [1.54, 1.807) is 0 Å². The van der Waals surface area contributed by atoms with Gasteiger partial charge in [-0.2, -0.15) is 0 Å². The summed E-state index contributed by atoms with van der Waals surface area (Å²) in [5.74, 6) is 0.996. The molecule has 1 amide bonds. The molecular weight excluding hydrogens is 240 g/mol. The molecule has 4 nitrogen and oxygen atoms in total. The van der Waals surface area contributed by atoms with E-state index in [0.29, 0.717) is 11.8 Å². The Kier molecular flexibility index (Phi) is 5.22. The summed E-state index contributed by atoms with van der Waals surface area (Å²) in [5.41, 5.74) is -0.330. The van der Waals surface area contributed by atoms with E-state index < -0.39 is 0 Å². The van der Waals surface area contributed by atoms with Gasteiger partial charge in [-0.15, -0.1) is 0 Å². The summed E-state index contributed by atoms with van der Waals surface area (Å²) in [6, 6.07) is 0. The maximum absolute atomic E-state index is 12.4. The van der Waals surface area contributed by atoms with Crippen LogP contribution < -0.4 is 10.6 Å². The summed E-state index contributed by atoms with van der Waals surface area (Å²) in [6.07, 6.45) is 7.58. The summed E-state index contributed by atoms with van der Waals surface area (Å²) in [4.78, 5) is 12.4. The third-order valence-corrected chi connectivity index (χ3v) is 5.11. The molecule has 0 spiro atoms. The van der Waals surface area contributed by atoms with Crippen LogP contribution in [0.25, 0.3) is 0 Å². The van der Waals surface area contributed by atoms with Crippen molar-refractivity contribution in [1.82, 2.24) is 10.6 Å². The lowest BCUT2D eigenvalue weighted by atomic mass is 9.79. The Morgan fingerprint density at radius 2 is 2.05 bits per heavy atom. The number of aliphatic hydroxyl groups excluding tert-OH is 1. The highest BCUT2D eigenvalue weighted by Gasteiger charge is 2.39. The first-order valence-electron chi connectivity index (χ1n) is 7.86. The number of carbonyl (C=O) groups excluding carboxylic acids is 1. The Balaban J connectivity index is 1.85. The van der Waals surface area contributed by atoms with Crippen LogP contribution in [0.4, 0.5) is 0 Å². The molecule has 4 heteroatoms. The minimum atomic E-state index is -0.330. The van der Waals surface area contributed by atoms with E-state index in [1.165, 1.54) is 12.8 Å². The van der Waals surface area contributed by atoms with Gasteiger partial charge in [-0.25, -0.2) is 0 Å². The summed E-state index contributed by atoms with van der Waals surface area (Å²) >= 11 is 0. The van der Waals surface area contributed by atoms with E-state index in [2.05, 4.69) is 17.6 Å². The van der Waals surface area contributed by atoms with Crippen LogP contribution in [0.2, 0.25) is 0 Å². The molecule has 110 valence electrons. The lowest BCUT2D eigenvalue weighted by Gasteiger charge is -2.32. The number of carbonyl (C=O) groups is 1. The minimum Gasteiger partial charge on any atom is -0.396 e. The molecule has 0 radical (unpaired) electrons. The molecule has 1 aliphatic carbocycles. The Hall–Kier alpha value is -0.610. The summed E-state index contributed by atoms with van der Waals surface area (Å²) in [7, 11) is 0. The van der Waals surface area contributed by atoms with Crippen molar-refractivity contribution in [1.29, 1.82) is 0 Å². The van der Waals surface area contributed by atoms with Crippen molar-refractivity contribution in [2.75, 3.05) is 19.7 Å². The van der Waals surface area contributed by atoms with Gasteiger partial charge in [0, 0.05) is 13.2 Å². The Bertz CT molecular complexity index is 301. The van der Waals surface area contributed by atoms with Crippen LogP contribution in [0.15, 0.2) is 0 Å². The van der Waals surface area contributed by atoms with Crippen molar-refractivity contribution >= 4 is 5.91 Å². The van der Waals surface area contributed by atoms with Crippen LogP contribution in [0.5, 0.6) is 0 Å². The largest absolute Gasteiger partial charge is 0.396 e. The van der Waals surface area contributed by atoms with Gasteiger partial charge in [0.05, 0.1) is 5.54 Å². The third kappa shape index (κ3) is 3.29. The monoisotopic (exact) mass is 268 g/mol. The van der Waals surface area contributed by atoms with Gasteiger partial charge in [-0.1, -0.05) is 19.8 Å². The highest BCUT2D eigenvalue weighted by Crippen LogP contribution is 2.29.